The lowest BCUT2D eigenvalue weighted by Crippen LogP contribution is -2.38. The van der Waals surface area contributed by atoms with Crippen molar-refractivity contribution < 1.29 is 14.3 Å². The molecule has 2 aliphatic rings. The largest absolute Gasteiger partial charge is 0.490 e. The minimum Gasteiger partial charge on any atom is -0.490 e. The van der Waals surface area contributed by atoms with Crippen molar-refractivity contribution in [1.82, 2.24) is 23.6 Å². The summed E-state index contributed by atoms with van der Waals surface area (Å²) < 4.78 is 15.4. The molecule has 1 amide bonds. The highest BCUT2D eigenvalue weighted by Crippen LogP contribution is 2.38. The predicted octanol–water partition coefficient (Wildman–Crippen LogP) is 0.959. The van der Waals surface area contributed by atoms with Gasteiger partial charge in [0.2, 0.25) is 5.91 Å². The van der Waals surface area contributed by atoms with Crippen LogP contribution in [0.1, 0.15) is 30.9 Å². The van der Waals surface area contributed by atoms with E-state index in [4.69, 9.17) is 9.47 Å². The Morgan fingerprint density at radius 2 is 1.88 bits per heavy atom. The number of benzene rings is 1. The first kappa shape index (κ1) is 20.3. The van der Waals surface area contributed by atoms with Crippen molar-refractivity contribution in [2.45, 2.75) is 31.8 Å². The van der Waals surface area contributed by atoms with Gasteiger partial charge >= 0.3 is 5.69 Å². The molecule has 0 bridgehead atoms. The number of hydrogen-bond acceptors (Lipinski definition) is 6. The number of rotatable bonds is 3. The number of aromatic nitrogens is 4. The number of carbonyl (C=O) groups excluding carboxylic acids is 1. The van der Waals surface area contributed by atoms with Crippen LogP contribution in [0.5, 0.6) is 11.5 Å². The highest BCUT2D eigenvalue weighted by molar-refractivity contribution is 5.79. The summed E-state index contributed by atoms with van der Waals surface area (Å²) in [6.07, 6.45) is 4.03. The molecule has 3 aromatic rings. The van der Waals surface area contributed by atoms with Crippen LogP contribution in [0.2, 0.25) is 0 Å². The van der Waals surface area contributed by atoms with E-state index < -0.39 is 11.2 Å². The summed E-state index contributed by atoms with van der Waals surface area (Å²) in [5.41, 5.74) is 0.609. The number of ether oxygens (including phenoxy) is 2. The van der Waals surface area contributed by atoms with Crippen LogP contribution in [-0.2, 0) is 25.4 Å². The number of likely N-dealkylation sites (tertiary alicyclic amines) is 1. The van der Waals surface area contributed by atoms with E-state index in [-0.39, 0.29) is 29.7 Å². The highest BCUT2D eigenvalue weighted by Gasteiger charge is 2.31. The van der Waals surface area contributed by atoms with Crippen LogP contribution in [0.25, 0.3) is 11.2 Å². The van der Waals surface area contributed by atoms with E-state index in [9.17, 15) is 14.4 Å². The summed E-state index contributed by atoms with van der Waals surface area (Å²) in [6.45, 7) is 1.85. The number of imidazole rings is 1. The number of amides is 1. The van der Waals surface area contributed by atoms with Gasteiger partial charge in [0.15, 0.2) is 22.7 Å². The van der Waals surface area contributed by atoms with Crippen molar-refractivity contribution in [2.24, 2.45) is 14.1 Å². The van der Waals surface area contributed by atoms with Gasteiger partial charge in [0.25, 0.3) is 5.56 Å². The van der Waals surface area contributed by atoms with Gasteiger partial charge in [0.05, 0.1) is 25.6 Å². The number of aryl methyl sites for hydroxylation is 1. The molecule has 5 rings (SSSR count). The van der Waals surface area contributed by atoms with Gasteiger partial charge in [-0.2, -0.15) is 0 Å². The standard InChI is InChI=1S/C22H25N5O5/c1-24-20-19(21(29)25(2)22(24)30)26(13-23-20)12-18(28)27-8-3-5-15(27)14-6-7-16-17(11-14)32-10-4-9-31-16/h6-7,11,13,15H,3-5,8-10,12H2,1-2H3. The third kappa shape index (κ3) is 3.26. The van der Waals surface area contributed by atoms with Crippen LogP contribution < -0.4 is 20.7 Å². The molecule has 1 unspecified atom stereocenters. The second kappa shape index (κ2) is 7.85. The molecule has 4 heterocycles. The molecule has 0 spiro atoms. The second-order valence-electron chi connectivity index (χ2n) is 8.25. The van der Waals surface area contributed by atoms with Crippen LogP contribution in [0.3, 0.4) is 0 Å². The van der Waals surface area contributed by atoms with E-state index in [1.807, 2.05) is 23.1 Å². The van der Waals surface area contributed by atoms with Crippen LogP contribution >= 0.6 is 0 Å². The van der Waals surface area contributed by atoms with E-state index in [1.54, 1.807) is 7.05 Å². The third-order valence-electron chi connectivity index (χ3n) is 6.25. The summed E-state index contributed by atoms with van der Waals surface area (Å²) in [5, 5.41) is 0. The van der Waals surface area contributed by atoms with Crippen LogP contribution in [0.4, 0.5) is 0 Å². The maximum absolute atomic E-state index is 13.3. The molecule has 1 aromatic carbocycles. The zero-order valence-electron chi connectivity index (χ0n) is 18.1. The maximum Gasteiger partial charge on any atom is 0.332 e. The Morgan fingerprint density at radius 3 is 2.69 bits per heavy atom. The van der Waals surface area contributed by atoms with Crippen molar-refractivity contribution in [3.05, 3.63) is 50.9 Å². The number of nitrogens with zero attached hydrogens (tertiary/aromatic N) is 5. The average Bonchev–Trinajstić information content (AvgIpc) is 3.38. The average molecular weight is 439 g/mol. The zero-order valence-corrected chi connectivity index (χ0v) is 18.1. The molecule has 2 aromatic heterocycles. The van der Waals surface area contributed by atoms with Gasteiger partial charge in [-0.3, -0.25) is 18.7 Å². The highest BCUT2D eigenvalue weighted by atomic mass is 16.5. The lowest BCUT2D eigenvalue weighted by molar-refractivity contribution is -0.132. The molecule has 10 heteroatoms. The fourth-order valence-corrected chi connectivity index (χ4v) is 4.55. The molecule has 1 atom stereocenters. The summed E-state index contributed by atoms with van der Waals surface area (Å²) in [6, 6.07) is 5.79. The van der Waals surface area contributed by atoms with E-state index in [2.05, 4.69) is 4.98 Å². The fraction of sp³-hybridized carbons (Fsp3) is 0.455. The molecule has 1 saturated heterocycles. The maximum atomic E-state index is 13.3. The van der Waals surface area contributed by atoms with Gasteiger partial charge in [-0.1, -0.05) is 6.07 Å². The van der Waals surface area contributed by atoms with Crippen molar-refractivity contribution >= 4 is 17.1 Å². The smallest absolute Gasteiger partial charge is 0.332 e. The predicted molar refractivity (Wildman–Crippen MR) is 116 cm³/mol. The normalized spacial score (nSPS) is 18.2. The molecule has 1 fully saturated rings. The summed E-state index contributed by atoms with van der Waals surface area (Å²) in [4.78, 5) is 44.2. The monoisotopic (exact) mass is 439 g/mol. The summed E-state index contributed by atoms with van der Waals surface area (Å²) in [7, 11) is 2.98. The van der Waals surface area contributed by atoms with Crippen LogP contribution in [0, 0.1) is 0 Å². The summed E-state index contributed by atoms with van der Waals surface area (Å²) >= 11 is 0. The molecule has 0 N–H and O–H groups in total. The topological polar surface area (TPSA) is 101 Å². The molecule has 32 heavy (non-hydrogen) atoms. The zero-order chi connectivity index (χ0) is 22.4. The van der Waals surface area contributed by atoms with E-state index in [1.165, 1.54) is 22.5 Å². The Hall–Kier alpha value is -3.56. The van der Waals surface area contributed by atoms with Crippen molar-refractivity contribution in [3.63, 3.8) is 0 Å². The van der Waals surface area contributed by atoms with Gasteiger partial charge in [-0.05, 0) is 30.5 Å². The molecular weight excluding hydrogens is 414 g/mol. The second-order valence-corrected chi connectivity index (χ2v) is 8.25. The molecule has 168 valence electrons. The number of carbonyl (C=O) groups is 1. The van der Waals surface area contributed by atoms with Gasteiger partial charge in [0, 0.05) is 27.1 Å². The first-order chi connectivity index (χ1) is 15.5. The Kier molecular flexibility index (Phi) is 4.99. The minimum absolute atomic E-state index is 0.0228. The SMILES string of the molecule is Cn1c(=O)c2c(ncn2CC(=O)N2CCCC2c2ccc3c(c2)OCCCO3)n(C)c1=O. The Balaban J connectivity index is 1.43. The van der Waals surface area contributed by atoms with Gasteiger partial charge < -0.3 is 18.9 Å². The lowest BCUT2D eigenvalue weighted by Gasteiger charge is -2.26. The van der Waals surface area contributed by atoms with E-state index in [0.29, 0.717) is 25.5 Å². The molecule has 0 saturated carbocycles. The van der Waals surface area contributed by atoms with Crippen LogP contribution in [-0.4, -0.2) is 49.3 Å². The lowest BCUT2D eigenvalue weighted by atomic mass is 10.0. The Morgan fingerprint density at radius 1 is 1.09 bits per heavy atom. The fourth-order valence-electron chi connectivity index (χ4n) is 4.55. The molecule has 0 aliphatic carbocycles. The first-order valence-electron chi connectivity index (χ1n) is 10.8. The van der Waals surface area contributed by atoms with Crippen molar-refractivity contribution in [2.75, 3.05) is 19.8 Å². The summed E-state index contributed by atoms with van der Waals surface area (Å²) in [5.74, 6) is 1.34. The van der Waals surface area contributed by atoms with Crippen molar-refractivity contribution in [3.8, 4) is 11.5 Å². The molecule has 0 radical (unpaired) electrons. The Bertz CT molecular complexity index is 1320. The van der Waals surface area contributed by atoms with Crippen LogP contribution in [0.15, 0.2) is 34.1 Å². The van der Waals surface area contributed by atoms with Gasteiger partial charge in [-0.25, -0.2) is 9.78 Å². The van der Waals surface area contributed by atoms with Gasteiger partial charge in [-0.15, -0.1) is 0 Å². The quantitative estimate of drug-likeness (QED) is 0.603. The number of fused-ring (bicyclic) bond motifs is 2. The third-order valence-corrected chi connectivity index (χ3v) is 6.25. The number of hydrogen-bond donors (Lipinski definition) is 0. The van der Waals surface area contributed by atoms with Crippen molar-refractivity contribution in [1.29, 1.82) is 0 Å². The molecule has 10 nitrogen and oxygen atoms in total. The Labute approximate surface area is 183 Å². The molecule has 2 aliphatic heterocycles. The first-order valence-corrected chi connectivity index (χ1v) is 10.8. The van der Waals surface area contributed by atoms with E-state index in [0.717, 1.165) is 35.1 Å². The van der Waals surface area contributed by atoms with Gasteiger partial charge in [0.1, 0.15) is 6.54 Å². The van der Waals surface area contributed by atoms with E-state index >= 15 is 0 Å². The minimum atomic E-state index is -0.464. The molecular formula is C22H25N5O5.